The lowest BCUT2D eigenvalue weighted by atomic mass is 9.99. The van der Waals surface area contributed by atoms with Gasteiger partial charge in [0.2, 0.25) is 0 Å². The molecule has 1 amide bonds. The Labute approximate surface area is 113 Å². The molecule has 3 heterocycles. The second kappa shape index (κ2) is 4.63. The molecule has 1 unspecified atom stereocenters. The molecule has 3 aliphatic rings. The Morgan fingerprint density at radius 3 is 2.75 bits per heavy atom. The normalized spacial score (nSPS) is 39.9. The zero-order valence-corrected chi connectivity index (χ0v) is 10.4. The van der Waals surface area contributed by atoms with Crippen molar-refractivity contribution >= 4 is 18.1 Å². The van der Waals surface area contributed by atoms with E-state index in [9.17, 15) is 15.0 Å². The van der Waals surface area contributed by atoms with Crippen LogP contribution in [0.1, 0.15) is 0 Å². The summed E-state index contributed by atoms with van der Waals surface area (Å²) in [7, 11) is 0. The Morgan fingerprint density at radius 2 is 2.10 bits per heavy atom. The van der Waals surface area contributed by atoms with Crippen LogP contribution in [-0.4, -0.2) is 70.3 Å². The number of amides is 1. The third kappa shape index (κ3) is 1.83. The minimum atomic E-state index is -1.12. The van der Waals surface area contributed by atoms with Crippen LogP contribution in [0.15, 0.2) is 21.3 Å². The number of rotatable bonds is 2. The van der Waals surface area contributed by atoms with E-state index in [-0.39, 0.29) is 18.5 Å². The number of aliphatic hydroxyl groups excluding tert-OH is 3. The van der Waals surface area contributed by atoms with Gasteiger partial charge in [0.05, 0.1) is 30.5 Å². The lowest BCUT2D eigenvalue weighted by Gasteiger charge is -2.20. The predicted molar refractivity (Wildman–Crippen MR) is 68.9 cm³/mol. The molecule has 9 nitrogen and oxygen atoms in total. The molecule has 0 aromatic carbocycles. The van der Waals surface area contributed by atoms with Gasteiger partial charge in [0.25, 0.3) is 5.91 Å². The molecule has 0 aromatic heterocycles. The van der Waals surface area contributed by atoms with Crippen molar-refractivity contribution in [1.29, 1.82) is 0 Å². The number of fused-ring (bicyclic) bond motifs is 1. The minimum Gasteiger partial charge on any atom is -0.395 e. The molecule has 0 spiro atoms. The first-order valence-corrected chi connectivity index (χ1v) is 6.18. The highest BCUT2D eigenvalue weighted by Gasteiger charge is 2.45. The molecule has 0 radical (unpaired) electrons. The first-order valence-electron chi connectivity index (χ1n) is 6.18. The van der Waals surface area contributed by atoms with Crippen molar-refractivity contribution < 1.29 is 20.1 Å². The van der Waals surface area contributed by atoms with E-state index in [1.165, 1.54) is 6.21 Å². The number of carbonyl (C=O) groups excluding carboxylic acids is 1. The molecule has 0 aliphatic carbocycles. The number of aliphatic hydroxyl groups is 3. The third-order valence-corrected chi connectivity index (χ3v) is 3.69. The summed E-state index contributed by atoms with van der Waals surface area (Å²) >= 11 is 0. The molecule has 0 saturated carbocycles. The summed E-state index contributed by atoms with van der Waals surface area (Å²) in [6.07, 6.45) is -0.791. The average molecular weight is 281 g/mol. The van der Waals surface area contributed by atoms with Gasteiger partial charge in [-0.1, -0.05) is 0 Å². The second-order valence-electron chi connectivity index (χ2n) is 4.92. The van der Waals surface area contributed by atoms with Gasteiger partial charge in [0, 0.05) is 11.8 Å². The molecule has 1 fully saturated rings. The van der Waals surface area contributed by atoms with Gasteiger partial charge in [-0.25, -0.2) is 4.99 Å². The van der Waals surface area contributed by atoms with Crippen molar-refractivity contribution in [3.05, 3.63) is 11.3 Å². The van der Waals surface area contributed by atoms with Crippen LogP contribution in [-0.2, 0) is 4.79 Å². The van der Waals surface area contributed by atoms with Crippen LogP contribution in [0.25, 0.3) is 0 Å². The number of hydrogen-bond acceptors (Lipinski definition) is 8. The van der Waals surface area contributed by atoms with E-state index in [0.29, 0.717) is 11.3 Å². The number of nitrogens with two attached hydrogens (primary N) is 1. The van der Waals surface area contributed by atoms with Crippen molar-refractivity contribution in [2.24, 2.45) is 15.7 Å². The van der Waals surface area contributed by atoms with Crippen LogP contribution in [0.5, 0.6) is 0 Å². The van der Waals surface area contributed by atoms with Crippen molar-refractivity contribution in [2.45, 2.75) is 30.3 Å². The third-order valence-electron chi connectivity index (χ3n) is 3.69. The van der Waals surface area contributed by atoms with Crippen LogP contribution in [0, 0.1) is 0 Å². The Kier molecular flexibility index (Phi) is 3.05. The SMILES string of the molecule is NC1=NC2=C([C@@H]3N[C@@H](CO)[C@H](O)[C@H]3O)C=NC2C(=O)N1. The molecule has 3 aliphatic heterocycles. The fraction of sp³-hybridized carbons (Fsp3) is 0.545. The van der Waals surface area contributed by atoms with Crippen LogP contribution in [0.4, 0.5) is 0 Å². The Balaban J connectivity index is 1.96. The summed E-state index contributed by atoms with van der Waals surface area (Å²) in [6.45, 7) is -0.316. The molecular weight excluding hydrogens is 266 g/mol. The van der Waals surface area contributed by atoms with Crippen molar-refractivity contribution in [1.82, 2.24) is 10.6 Å². The molecule has 0 aromatic rings. The molecule has 3 rings (SSSR count). The maximum absolute atomic E-state index is 11.7. The van der Waals surface area contributed by atoms with Crippen LogP contribution in [0.3, 0.4) is 0 Å². The quantitative estimate of drug-likeness (QED) is 0.305. The van der Waals surface area contributed by atoms with Crippen molar-refractivity contribution in [2.75, 3.05) is 6.61 Å². The van der Waals surface area contributed by atoms with Crippen molar-refractivity contribution in [3.8, 4) is 0 Å². The van der Waals surface area contributed by atoms with E-state index in [1.807, 2.05) is 0 Å². The first kappa shape index (κ1) is 13.2. The molecule has 9 heteroatoms. The molecule has 20 heavy (non-hydrogen) atoms. The van der Waals surface area contributed by atoms with E-state index >= 15 is 0 Å². The summed E-state index contributed by atoms with van der Waals surface area (Å²) < 4.78 is 0. The minimum absolute atomic E-state index is 0.0315. The Hall–Kier alpha value is -1.81. The number of hydrogen-bond donors (Lipinski definition) is 6. The monoisotopic (exact) mass is 281 g/mol. The van der Waals surface area contributed by atoms with Crippen LogP contribution >= 0.6 is 0 Å². The van der Waals surface area contributed by atoms with E-state index in [0.717, 1.165) is 0 Å². The lowest BCUT2D eigenvalue weighted by molar-refractivity contribution is -0.120. The van der Waals surface area contributed by atoms with Crippen molar-refractivity contribution in [3.63, 3.8) is 0 Å². The van der Waals surface area contributed by atoms with Crippen LogP contribution in [0.2, 0.25) is 0 Å². The van der Waals surface area contributed by atoms with E-state index < -0.39 is 30.3 Å². The molecular formula is C11H15N5O4. The summed E-state index contributed by atoms with van der Waals surface area (Å²) in [4.78, 5) is 19.8. The molecule has 5 atom stereocenters. The summed E-state index contributed by atoms with van der Waals surface area (Å²) in [5.74, 6) is -0.415. The smallest absolute Gasteiger partial charge is 0.257 e. The molecule has 108 valence electrons. The predicted octanol–water partition coefficient (Wildman–Crippen LogP) is -3.81. The zero-order valence-electron chi connectivity index (χ0n) is 10.4. The highest BCUT2D eigenvalue weighted by atomic mass is 16.3. The summed E-state index contributed by atoms with van der Waals surface area (Å²) in [5, 5.41) is 34.3. The number of nitrogens with one attached hydrogen (secondary N) is 2. The second-order valence-corrected chi connectivity index (χ2v) is 4.92. The molecule has 1 saturated heterocycles. The number of carbonyl (C=O) groups is 1. The number of aliphatic imine (C=N–C) groups is 2. The highest BCUT2D eigenvalue weighted by molar-refractivity contribution is 6.06. The fourth-order valence-corrected chi connectivity index (χ4v) is 2.66. The van der Waals surface area contributed by atoms with Gasteiger partial charge in [-0.3, -0.25) is 15.1 Å². The summed E-state index contributed by atoms with van der Waals surface area (Å²) in [5.41, 5.74) is 6.36. The molecule has 7 N–H and O–H groups in total. The van der Waals surface area contributed by atoms with Gasteiger partial charge in [-0.15, -0.1) is 0 Å². The van der Waals surface area contributed by atoms with Gasteiger partial charge in [0.15, 0.2) is 12.0 Å². The topological polar surface area (TPSA) is 153 Å². The van der Waals surface area contributed by atoms with E-state index in [1.54, 1.807) is 0 Å². The van der Waals surface area contributed by atoms with E-state index in [2.05, 4.69) is 20.6 Å². The largest absolute Gasteiger partial charge is 0.395 e. The van der Waals surface area contributed by atoms with Gasteiger partial charge in [0.1, 0.15) is 6.10 Å². The highest BCUT2D eigenvalue weighted by Crippen LogP contribution is 2.29. The first-order chi connectivity index (χ1) is 9.52. The van der Waals surface area contributed by atoms with Gasteiger partial charge in [-0.2, -0.15) is 0 Å². The lowest BCUT2D eigenvalue weighted by Crippen LogP contribution is -2.46. The summed E-state index contributed by atoms with van der Waals surface area (Å²) in [6, 6.07) is -2.08. The standard InChI is InChI=1S/C11H15N5O4/c12-11-15-5-3(1-13-7(5)10(20)16-11)6-9(19)8(18)4(2-17)14-6/h1,4,6-9,14,17-19H,2H2,(H3,12,15,16,20)/t4-,6-,7?,8-,9-/m0/s1. The van der Waals surface area contributed by atoms with Crippen LogP contribution < -0.4 is 16.4 Å². The zero-order chi connectivity index (χ0) is 14.4. The fourth-order valence-electron chi connectivity index (χ4n) is 2.66. The average Bonchev–Trinajstić information content (AvgIpc) is 2.93. The maximum atomic E-state index is 11.7. The number of nitrogens with zero attached hydrogens (tertiary/aromatic N) is 2. The molecule has 0 bridgehead atoms. The van der Waals surface area contributed by atoms with Gasteiger partial charge >= 0.3 is 0 Å². The maximum Gasteiger partial charge on any atom is 0.257 e. The number of guanidine groups is 1. The van der Waals surface area contributed by atoms with Gasteiger partial charge < -0.3 is 26.4 Å². The Morgan fingerprint density at radius 1 is 1.35 bits per heavy atom. The van der Waals surface area contributed by atoms with E-state index in [4.69, 9.17) is 10.8 Å². The van der Waals surface area contributed by atoms with Gasteiger partial charge in [-0.05, 0) is 0 Å². The Bertz CT molecular complexity index is 543.